The van der Waals surface area contributed by atoms with Gasteiger partial charge in [-0.25, -0.2) is 0 Å². The maximum absolute atomic E-state index is 9.11. The van der Waals surface area contributed by atoms with Crippen molar-refractivity contribution in [3.05, 3.63) is 35.9 Å². The third kappa shape index (κ3) is 5.25. The van der Waals surface area contributed by atoms with E-state index in [-0.39, 0.29) is 5.54 Å². The van der Waals surface area contributed by atoms with E-state index in [1.165, 1.54) is 5.56 Å². The quantitative estimate of drug-likeness (QED) is 0.753. The van der Waals surface area contributed by atoms with Crippen LogP contribution in [0.1, 0.15) is 25.8 Å². The number of thioether (sulfide) groups is 1. The van der Waals surface area contributed by atoms with Gasteiger partial charge in [0.15, 0.2) is 0 Å². The maximum Gasteiger partial charge on any atom is 0.104 e. The molecule has 0 aliphatic heterocycles. The minimum Gasteiger partial charge on any atom is -0.300 e. The van der Waals surface area contributed by atoms with E-state index >= 15 is 0 Å². The molecule has 0 aliphatic carbocycles. The standard InChI is InChI=1S/C14H20N2S/c1-3-16-14(2,12-15)9-10-17-11-13-7-5-4-6-8-13/h4-8,16H,3,9-11H2,1-2H3. The van der Waals surface area contributed by atoms with Crippen LogP contribution >= 0.6 is 11.8 Å². The zero-order chi connectivity index (χ0) is 12.6. The molecule has 0 spiro atoms. The van der Waals surface area contributed by atoms with Crippen molar-refractivity contribution in [3.8, 4) is 6.07 Å². The Morgan fingerprint density at radius 3 is 2.65 bits per heavy atom. The van der Waals surface area contributed by atoms with Crippen molar-refractivity contribution in [2.45, 2.75) is 31.6 Å². The lowest BCUT2D eigenvalue weighted by Crippen LogP contribution is -2.41. The summed E-state index contributed by atoms with van der Waals surface area (Å²) in [4.78, 5) is 0. The fourth-order valence-corrected chi connectivity index (χ4v) is 2.74. The van der Waals surface area contributed by atoms with Crippen LogP contribution in [0.15, 0.2) is 30.3 Å². The summed E-state index contributed by atoms with van der Waals surface area (Å²) in [5, 5.41) is 12.3. The van der Waals surface area contributed by atoms with Crippen molar-refractivity contribution in [1.29, 1.82) is 5.26 Å². The van der Waals surface area contributed by atoms with Crippen molar-refractivity contribution in [2.24, 2.45) is 0 Å². The predicted octanol–water partition coefficient (Wildman–Crippen LogP) is 3.20. The first-order valence-electron chi connectivity index (χ1n) is 5.98. The summed E-state index contributed by atoms with van der Waals surface area (Å²) < 4.78 is 0. The fraction of sp³-hybridized carbons (Fsp3) is 0.500. The summed E-state index contributed by atoms with van der Waals surface area (Å²) in [6.45, 7) is 4.85. The third-order valence-corrected chi connectivity index (χ3v) is 3.70. The minimum atomic E-state index is -0.377. The Morgan fingerprint density at radius 2 is 2.06 bits per heavy atom. The summed E-state index contributed by atoms with van der Waals surface area (Å²) in [5.74, 6) is 2.03. The van der Waals surface area contributed by atoms with E-state index in [9.17, 15) is 0 Å². The molecule has 0 heterocycles. The lowest BCUT2D eigenvalue weighted by Gasteiger charge is -2.22. The zero-order valence-electron chi connectivity index (χ0n) is 10.6. The van der Waals surface area contributed by atoms with Gasteiger partial charge in [-0.15, -0.1) is 0 Å². The van der Waals surface area contributed by atoms with Crippen LogP contribution in [-0.4, -0.2) is 17.8 Å². The van der Waals surface area contributed by atoms with Gasteiger partial charge in [-0.1, -0.05) is 37.3 Å². The zero-order valence-corrected chi connectivity index (χ0v) is 11.4. The number of hydrogen-bond acceptors (Lipinski definition) is 3. The first kappa shape index (κ1) is 14.1. The van der Waals surface area contributed by atoms with E-state index in [4.69, 9.17) is 5.26 Å². The molecule has 0 radical (unpaired) electrons. The van der Waals surface area contributed by atoms with Crippen LogP contribution in [0.5, 0.6) is 0 Å². The van der Waals surface area contributed by atoms with Crippen molar-refractivity contribution in [3.63, 3.8) is 0 Å². The number of nitrogens with one attached hydrogen (secondary N) is 1. The van der Waals surface area contributed by atoms with Gasteiger partial charge in [0.25, 0.3) is 0 Å². The second-order valence-electron chi connectivity index (χ2n) is 4.26. The second kappa shape index (κ2) is 7.37. The van der Waals surface area contributed by atoms with E-state index in [0.29, 0.717) is 0 Å². The van der Waals surface area contributed by atoms with E-state index in [1.54, 1.807) is 0 Å². The molecule has 1 N–H and O–H groups in total. The summed E-state index contributed by atoms with van der Waals surface area (Å²) in [6, 6.07) is 12.8. The molecular weight excluding hydrogens is 228 g/mol. The molecule has 92 valence electrons. The molecule has 0 aliphatic rings. The Bertz CT molecular complexity index is 358. The number of rotatable bonds is 7. The monoisotopic (exact) mass is 248 g/mol. The largest absolute Gasteiger partial charge is 0.300 e. The second-order valence-corrected chi connectivity index (χ2v) is 5.37. The van der Waals surface area contributed by atoms with Gasteiger partial charge in [0, 0.05) is 5.75 Å². The highest BCUT2D eigenvalue weighted by molar-refractivity contribution is 7.98. The molecule has 1 unspecified atom stereocenters. The average molecular weight is 248 g/mol. The van der Waals surface area contributed by atoms with Gasteiger partial charge in [0.2, 0.25) is 0 Å². The van der Waals surface area contributed by atoms with Gasteiger partial charge in [-0.3, -0.25) is 5.32 Å². The lowest BCUT2D eigenvalue weighted by atomic mass is 10.0. The summed E-state index contributed by atoms with van der Waals surface area (Å²) in [5.41, 5.74) is 0.970. The summed E-state index contributed by atoms with van der Waals surface area (Å²) in [6.07, 6.45) is 0.884. The third-order valence-electron chi connectivity index (χ3n) is 2.67. The summed E-state index contributed by atoms with van der Waals surface area (Å²) in [7, 11) is 0. The number of nitriles is 1. The smallest absolute Gasteiger partial charge is 0.104 e. The molecule has 1 aromatic rings. The number of benzene rings is 1. The van der Waals surface area contributed by atoms with Crippen molar-refractivity contribution < 1.29 is 0 Å². The van der Waals surface area contributed by atoms with Crippen LogP contribution in [-0.2, 0) is 5.75 Å². The molecule has 17 heavy (non-hydrogen) atoms. The Hall–Kier alpha value is -0.980. The van der Waals surface area contributed by atoms with E-state index in [0.717, 1.165) is 24.5 Å². The van der Waals surface area contributed by atoms with Gasteiger partial charge in [0.1, 0.15) is 5.54 Å². The first-order chi connectivity index (χ1) is 8.20. The van der Waals surface area contributed by atoms with Crippen LogP contribution in [0.3, 0.4) is 0 Å². The lowest BCUT2D eigenvalue weighted by molar-refractivity contribution is 0.450. The molecule has 0 saturated heterocycles. The molecule has 1 rings (SSSR count). The molecule has 0 aromatic heterocycles. The van der Waals surface area contributed by atoms with Crippen LogP contribution in [0.2, 0.25) is 0 Å². The SMILES string of the molecule is CCNC(C)(C#N)CCSCc1ccccc1. The van der Waals surface area contributed by atoms with E-state index in [2.05, 4.69) is 35.7 Å². The fourth-order valence-electron chi connectivity index (χ4n) is 1.61. The van der Waals surface area contributed by atoms with Crippen LogP contribution < -0.4 is 5.32 Å². The minimum absolute atomic E-state index is 0.377. The molecule has 3 heteroatoms. The highest BCUT2D eigenvalue weighted by atomic mass is 32.2. The van der Waals surface area contributed by atoms with Gasteiger partial charge in [-0.05, 0) is 31.2 Å². The normalized spacial score (nSPS) is 13.9. The molecule has 0 saturated carbocycles. The highest BCUT2D eigenvalue weighted by Crippen LogP contribution is 2.17. The van der Waals surface area contributed by atoms with Crippen LogP contribution in [0.4, 0.5) is 0 Å². The van der Waals surface area contributed by atoms with Gasteiger partial charge < -0.3 is 0 Å². The molecule has 0 amide bonds. The Balaban J connectivity index is 2.26. The maximum atomic E-state index is 9.11. The molecule has 0 fully saturated rings. The topological polar surface area (TPSA) is 35.8 Å². The molecule has 0 bridgehead atoms. The van der Waals surface area contributed by atoms with Gasteiger partial charge >= 0.3 is 0 Å². The van der Waals surface area contributed by atoms with E-state index in [1.807, 2.05) is 31.7 Å². The van der Waals surface area contributed by atoms with Crippen LogP contribution in [0, 0.1) is 11.3 Å². The molecule has 1 atom stereocenters. The van der Waals surface area contributed by atoms with Crippen molar-refractivity contribution >= 4 is 11.8 Å². The predicted molar refractivity (Wildman–Crippen MR) is 74.9 cm³/mol. The molecular formula is C14H20N2S. The van der Waals surface area contributed by atoms with Gasteiger partial charge in [0.05, 0.1) is 6.07 Å². The first-order valence-corrected chi connectivity index (χ1v) is 7.13. The number of nitrogens with zero attached hydrogens (tertiary/aromatic N) is 1. The Morgan fingerprint density at radius 1 is 1.35 bits per heavy atom. The average Bonchev–Trinajstić information content (AvgIpc) is 2.36. The highest BCUT2D eigenvalue weighted by Gasteiger charge is 2.21. The van der Waals surface area contributed by atoms with E-state index < -0.39 is 0 Å². The molecule has 1 aromatic carbocycles. The number of hydrogen-bond donors (Lipinski definition) is 1. The van der Waals surface area contributed by atoms with Gasteiger partial charge in [-0.2, -0.15) is 17.0 Å². The van der Waals surface area contributed by atoms with Crippen molar-refractivity contribution in [1.82, 2.24) is 5.32 Å². The Labute approximate surface area is 108 Å². The summed E-state index contributed by atoms with van der Waals surface area (Å²) >= 11 is 1.88. The molecule has 2 nitrogen and oxygen atoms in total. The van der Waals surface area contributed by atoms with Crippen LogP contribution in [0.25, 0.3) is 0 Å². The van der Waals surface area contributed by atoms with Crippen molar-refractivity contribution in [2.75, 3.05) is 12.3 Å². The Kier molecular flexibility index (Phi) is 6.10.